The van der Waals surface area contributed by atoms with Gasteiger partial charge in [0, 0.05) is 17.6 Å². The molecule has 0 aromatic heterocycles. The monoisotopic (exact) mass is 303 g/mol. The van der Waals surface area contributed by atoms with Gasteiger partial charge in [-0.2, -0.15) is 0 Å². The number of rotatable bonds is 7. The van der Waals surface area contributed by atoms with Crippen LogP contribution in [0.15, 0.2) is 48.5 Å². The Morgan fingerprint density at radius 1 is 1.14 bits per heavy atom. The van der Waals surface area contributed by atoms with Gasteiger partial charge in [-0.05, 0) is 49.6 Å². The van der Waals surface area contributed by atoms with Crippen LogP contribution in [0.2, 0.25) is 5.02 Å². The molecular formula is C18H22ClNO. The van der Waals surface area contributed by atoms with Gasteiger partial charge in [0.25, 0.3) is 0 Å². The molecule has 1 atom stereocenters. The van der Waals surface area contributed by atoms with Crippen molar-refractivity contribution in [3.63, 3.8) is 0 Å². The average Bonchev–Trinajstić information content (AvgIpc) is 2.48. The van der Waals surface area contributed by atoms with Gasteiger partial charge in [0.05, 0.1) is 6.61 Å². The van der Waals surface area contributed by atoms with Crippen LogP contribution in [-0.2, 0) is 13.0 Å². The van der Waals surface area contributed by atoms with Crippen molar-refractivity contribution in [3.05, 3.63) is 64.7 Å². The standard InChI is InChI=1S/C18H22ClNO/c1-3-21-17-9-6-7-15(12-17)13-20-14(2)11-16-8-4-5-10-18(16)19/h4-10,12,14,20H,3,11,13H2,1-2H3. The van der Waals surface area contributed by atoms with E-state index in [0.717, 1.165) is 23.7 Å². The number of hydrogen-bond donors (Lipinski definition) is 1. The maximum atomic E-state index is 6.20. The Morgan fingerprint density at radius 3 is 2.71 bits per heavy atom. The summed E-state index contributed by atoms with van der Waals surface area (Å²) in [5.41, 5.74) is 2.41. The van der Waals surface area contributed by atoms with E-state index in [2.05, 4.69) is 30.4 Å². The van der Waals surface area contributed by atoms with Crippen LogP contribution in [0, 0.1) is 0 Å². The van der Waals surface area contributed by atoms with E-state index in [1.807, 2.05) is 37.3 Å². The normalized spacial score (nSPS) is 12.1. The summed E-state index contributed by atoms with van der Waals surface area (Å²) >= 11 is 6.20. The molecule has 0 aliphatic rings. The van der Waals surface area contributed by atoms with Crippen molar-refractivity contribution in [2.24, 2.45) is 0 Å². The highest BCUT2D eigenvalue weighted by Crippen LogP contribution is 2.17. The van der Waals surface area contributed by atoms with E-state index in [4.69, 9.17) is 16.3 Å². The van der Waals surface area contributed by atoms with E-state index in [9.17, 15) is 0 Å². The molecular weight excluding hydrogens is 282 g/mol. The molecule has 2 aromatic carbocycles. The van der Waals surface area contributed by atoms with Crippen LogP contribution in [0.3, 0.4) is 0 Å². The zero-order valence-electron chi connectivity index (χ0n) is 12.6. The van der Waals surface area contributed by atoms with Crippen LogP contribution in [-0.4, -0.2) is 12.6 Å². The number of benzene rings is 2. The molecule has 0 heterocycles. The number of ether oxygens (including phenoxy) is 1. The average molecular weight is 304 g/mol. The molecule has 1 N–H and O–H groups in total. The maximum absolute atomic E-state index is 6.20. The fourth-order valence-corrected chi connectivity index (χ4v) is 2.48. The lowest BCUT2D eigenvalue weighted by molar-refractivity contribution is 0.339. The Kier molecular flexibility index (Phi) is 6.09. The molecule has 0 bridgehead atoms. The van der Waals surface area contributed by atoms with E-state index in [-0.39, 0.29) is 0 Å². The van der Waals surface area contributed by atoms with E-state index < -0.39 is 0 Å². The molecule has 0 saturated carbocycles. The van der Waals surface area contributed by atoms with Crippen molar-refractivity contribution >= 4 is 11.6 Å². The molecule has 0 radical (unpaired) electrons. The minimum atomic E-state index is 0.362. The predicted molar refractivity (Wildman–Crippen MR) is 89.1 cm³/mol. The third-order valence-electron chi connectivity index (χ3n) is 3.35. The molecule has 3 heteroatoms. The second-order valence-corrected chi connectivity index (χ2v) is 5.57. The van der Waals surface area contributed by atoms with Gasteiger partial charge in [-0.1, -0.05) is 41.9 Å². The summed E-state index contributed by atoms with van der Waals surface area (Å²) in [6, 6.07) is 16.6. The molecule has 1 unspecified atom stereocenters. The van der Waals surface area contributed by atoms with Crippen molar-refractivity contribution in [2.45, 2.75) is 32.9 Å². The first-order chi connectivity index (χ1) is 10.2. The van der Waals surface area contributed by atoms with Crippen molar-refractivity contribution < 1.29 is 4.74 Å². The molecule has 2 rings (SSSR count). The van der Waals surface area contributed by atoms with Gasteiger partial charge in [-0.15, -0.1) is 0 Å². The van der Waals surface area contributed by atoms with Gasteiger partial charge in [0.2, 0.25) is 0 Å². The third-order valence-corrected chi connectivity index (χ3v) is 3.72. The Hall–Kier alpha value is -1.51. The largest absolute Gasteiger partial charge is 0.494 e. The quantitative estimate of drug-likeness (QED) is 0.815. The van der Waals surface area contributed by atoms with E-state index in [0.29, 0.717) is 12.6 Å². The van der Waals surface area contributed by atoms with Crippen LogP contribution >= 0.6 is 11.6 Å². The molecule has 0 fully saturated rings. The molecule has 0 aliphatic carbocycles. The van der Waals surface area contributed by atoms with E-state index in [1.165, 1.54) is 11.1 Å². The molecule has 0 amide bonds. The van der Waals surface area contributed by atoms with Gasteiger partial charge in [0.15, 0.2) is 0 Å². The summed E-state index contributed by atoms with van der Waals surface area (Å²) in [5, 5.41) is 4.37. The number of nitrogens with one attached hydrogen (secondary N) is 1. The molecule has 112 valence electrons. The summed E-state index contributed by atoms with van der Waals surface area (Å²) in [7, 11) is 0. The van der Waals surface area contributed by atoms with Gasteiger partial charge in [-0.25, -0.2) is 0 Å². The Morgan fingerprint density at radius 2 is 1.95 bits per heavy atom. The van der Waals surface area contributed by atoms with Crippen molar-refractivity contribution in [3.8, 4) is 5.75 Å². The van der Waals surface area contributed by atoms with E-state index in [1.54, 1.807) is 0 Å². The zero-order valence-corrected chi connectivity index (χ0v) is 13.4. The van der Waals surface area contributed by atoms with Crippen molar-refractivity contribution in [1.82, 2.24) is 5.32 Å². The lowest BCUT2D eigenvalue weighted by atomic mass is 10.1. The zero-order chi connectivity index (χ0) is 15.1. The van der Waals surface area contributed by atoms with Crippen molar-refractivity contribution in [2.75, 3.05) is 6.61 Å². The lowest BCUT2D eigenvalue weighted by Crippen LogP contribution is -2.27. The highest BCUT2D eigenvalue weighted by molar-refractivity contribution is 6.31. The van der Waals surface area contributed by atoms with Crippen molar-refractivity contribution in [1.29, 1.82) is 0 Å². The topological polar surface area (TPSA) is 21.3 Å². The highest BCUT2D eigenvalue weighted by Gasteiger charge is 2.06. The maximum Gasteiger partial charge on any atom is 0.119 e. The predicted octanol–water partition coefficient (Wildman–Crippen LogP) is 4.46. The minimum Gasteiger partial charge on any atom is -0.494 e. The van der Waals surface area contributed by atoms with Crippen LogP contribution in [0.1, 0.15) is 25.0 Å². The molecule has 2 aromatic rings. The lowest BCUT2D eigenvalue weighted by Gasteiger charge is -2.15. The van der Waals surface area contributed by atoms with Gasteiger partial charge in [0.1, 0.15) is 5.75 Å². The molecule has 0 spiro atoms. The van der Waals surface area contributed by atoms with Crippen LogP contribution in [0.25, 0.3) is 0 Å². The minimum absolute atomic E-state index is 0.362. The first kappa shape index (κ1) is 15.9. The smallest absolute Gasteiger partial charge is 0.119 e. The number of halogens is 1. The van der Waals surface area contributed by atoms with Gasteiger partial charge < -0.3 is 10.1 Å². The first-order valence-corrected chi connectivity index (χ1v) is 7.75. The summed E-state index contributed by atoms with van der Waals surface area (Å²) < 4.78 is 5.52. The Bertz CT molecular complexity index is 571. The van der Waals surface area contributed by atoms with E-state index >= 15 is 0 Å². The molecule has 0 saturated heterocycles. The fourth-order valence-electron chi connectivity index (χ4n) is 2.27. The Labute approximate surface area is 132 Å². The summed E-state index contributed by atoms with van der Waals surface area (Å²) in [4.78, 5) is 0. The summed E-state index contributed by atoms with van der Waals surface area (Å²) in [6.45, 7) is 5.69. The summed E-state index contributed by atoms with van der Waals surface area (Å²) in [6.07, 6.45) is 0.921. The Balaban J connectivity index is 1.88. The number of hydrogen-bond acceptors (Lipinski definition) is 2. The SMILES string of the molecule is CCOc1cccc(CNC(C)Cc2ccccc2Cl)c1. The fraction of sp³-hybridized carbons (Fsp3) is 0.333. The first-order valence-electron chi connectivity index (χ1n) is 7.37. The van der Waals surface area contributed by atoms with Crippen LogP contribution in [0.4, 0.5) is 0 Å². The third kappa shape index (κ3) is 5.07. The molecule has 2 nitrogen and oxygen atoms in total. The van der Waals surface area contributed by atoms with Gasteiger partial charge >= 0.3 is 0 Å². The van der Waals surface area contributed by atoms with Crippen LogP contribution in [0.5, 0.6) is 5.75 Å². The molecule has 21 heavy (non-hydrogen) atoms. The second kappa shape index (κ2) is 8.06. The highest BCUT2D eigenvalue weighted by atomic mass is 35.5. The summed E-state index contributed by atoms with van der Waals surface area (Å²) in [5.74, 6) is 0.926. The molecule has 0 aliphatic heterocycles. The van der Waals surface area contributed by atoms with Gasteiger partial charge in [-0.3, -0.25) is 0 Å². The van der Waals surface area contributed by atoms with Crippen LogP contribution < -0.4 is 10.1 Å². The second-order valence-electron chi connectivity index (χ2n) is 5.16.